The van der Waals surface area contributed by atoms with E-state index in [1.54, 1.807) is 0 Å². The number of para-hydroxylation sites is 1. The van der Waals surface area contributed by atoms with E-state index in [2.05, 4.69) is 15.3 Å². The molecule has 1 aromatic heterocycles. The molecule has 128 valence electrons. The Kier molecular flexibility index (Phi) is 5.57. The summed E-state index contributed by atoms with van der Waals surface area (Å²) in [6.07, 6.45) is 2.15. The number of rotatable bonds is 7. The van der Waals surface area contributed by atoms with Gasteiger partial charge in [0, 0.05) is 11.9 Å². The smallest absolute Gasteiger partial charge is 0.311 e. The Morgan fingerprint density at radius 2 is 1.84 bits per heavy atom. The molecule has 0 aliphatic rings. The van der Waals surface area contributed by atoms with Gasteiger partial charge in [-0.2, -0.15) is 0 Å². The highest BCUT2D eigenvalue weighted by Gasteiger charge is 2.20. The number of anilines is 1. The first kappa shape index (κ1) is 16.9. The summed E-state index contributed by atoms with van der Waals surface area (Å²) >= 11 is 0. The summed E-state index contributed by atoms with van der Waals surface area (Å²) in [5.41, 5.74) is 1.98. The summed E-state index contributed by atoms with van der Waals surface area (Å²) in [7, 11) is 0. The monoisotopic (exact) mass is 335 g/mol. The molecule has 0 saturated heterocycles. The van der Waals surface area contributed by atoms with E-state index >= 15 is 0 Å². The number of carbonyl (C=O) groups excluding carboxylic acids is 1. The number of ether oxygens (including phenoxy) is 1. The molecule has 2 aromatic carbocycles. The zero-order chi connectivity index (χ0) is 17.5. The van der Waals surface area contributed by atoms with E-state index in [1.165, 1.54) is 6.33 Å². The Morgan fingerprint density at radius 3 is 2.64 bits per heavy atom. The molecule has 1 heterocycles. The van der Waals surface area contributed by atoms with Gasteiger partial charge in [-0.1, -0.05) is 42.5 Å². The molecule has 0 fully saturated rings. The van der Waals surface area contributed by atoms with Crippen LogP contribution in [0.4, 0.5) is 5.82 Å². The maximum Gasteiger partial charge on any atom is 0.311 e. The molecule has 0 aliphatic carbocycles. The molecule has 5 heteroatoms. The van der Waals surface area contributed by atoms with E-state index in [1.807, 2.05) is 61.5 Å². The van der Waals surface area contributed by atoms with Crippen LogP contribution in [0, 0.1) is 5.92 Å². The van der Waals surface area contributed by atoms with Crippen LogP contribution in [0.25, 0.3) is 10.9 Å². The van der Waals surface area contributed by atoms with Crippen LogP contribution in [-0.4, -0.2) is 29.1 Å². The molecule has 0 radical (unpaired) electrons. The van der Waals surface area contributed by atoms with Gasteiger partial charge in [0.25, 0.3) is 0 Å². The third-order valence-electron chi connectivity index (χ3n) is 4.00. The van der Waals surface area contributed by atoms with Crippen molar-refractivity contribution in [1.29, 1.82) is 0 Å². The molecule has 0 amide bonds. The van der Waals surface area contributed by atoms with Gasteiger partial charge < -0.3 is 10.1 Å². The minimum atomic E-state index is -0.281. The van der Waals surface area contributed by atoms with E-state index in [9.17, 15) is 4.79 Å². The molecule has 0 bridgehead atoms. The molecule has 0 unspecified atom stereocenters. The van der Waals surface area contributed by atoms with Gasteiger partial charge in [-0.3, -0.25) is 4.79 Å². The number of esters is 1. The van der Waals surface area contributed by atoms with Crippen LogP contribution in [0.5, 0.6) is 0 Å². The van der Waals surface area contributed by atoms with Gasteiger partial charge in [0.05, 0.1) is 18.0 Å². The lowest BCUT2D eigenvalue weighted by Crippen LogP contribution is -2.27. The summed E-state index contributed by atoms with van der Waals surface area (Å²) in [5, 5.41) is 4.23. The van der Waals surface area contributed by atoms with E-state index in [4.69, 9.17) is 4.74 Å². The normalized spacial score (nSPS) is 11.9. The van der Waals surface area contributed by atoms with E-state index in [-0.39, 0.29) is 11.9 Å². The molecule has 25 heavy (non-hydrogen) atoms. The van der Waals surface area contributed by atoms with Crippen LogP contribution in [-0.2, 0) is 16.0 Å². The minimum absolute atomic E-state index is 0.197. The maximum atomic E-state index is 12.3. The molecule has 5 nitrogen and oxygen atoms in total. The topological polar surface area (TPSA) is 64.1 Å². The van der Waals surface area contributed by atoms with E-state index in [0.29, 0.717) is 19.6 Å². The van der Waals surface area contributed by atoms with Crippen molar-refractivity contribution in [2.24, 2.45) is 5.92 Å². The van der Waals surface area contributed by atoms with Crippen molar-refractivity contribution < 1.29 is 9.53 Å². The summed E-state index contributed by atoms with van der Waals surface area (Å²) in [5.74, 6) is 0.251. The van der Waals surface area contributed by atoms with E-state index in [0.717, 1.165) is 22.3 Å². The van der Waals surface area contributed by atoms with Crippen LogP contribution in [0.15, 0.2) is 60.9 Å². The first-order chi connectivity index (χ1) is 12.3. The number of nitrogens with one attached hydrogen (secondary N) is 1. The number of fused-ring (bicyclic) bond motifs is 1. The summed E-state index contributed by atoms with van der Waals surface area (Å²) in [6, 6.07) is 17.8. The number of hydrogen-bond donors (Lipinski definition) is 1. The number of nitrogens with zero attached hydrogens (tertiary/aromatic N) is 2. The average Bonchev–Trinajstić information content (AvgIpc) is 2.66. The summed E-state index contributed by atoms with van der Waals surface area (Å²) in [4.78, 5) is 20.9. The zero-order valence-corrected chi connectivity index (χ0v) is 14.2. The molecule has 3 rings (SSSR count). The van der Waals surface area contributed by atoms with Crippen molar-refractivity contribution in [3.8, 4) is 0 Å². The first-order valence-electron chi connectivity index (χ1n) is 8.42. The zero-order valence-electron chi connectivity index (χ0n) is 14.2. The first-order valence-corrected chi connectivity index (χ1v) is 8.42. The third kappa shape index (κ3) is 4.32. The maximum absolute atomic E-state index is 12.3. The third-order valence-corrected chi connectivity index (χ3v) is 4.00. The predicted molar refractivity (Wildman–Crippen MR) is 98.3 cm³/mol. The second-order valence-corrected chi connectivity index (χ2v) is 5.76. The van der Waals surface area contributed by atoms with Gasteiger partial charge in [0.2, 0.25) is 0 Å². The highest BCUT2D eigenvalue weighted by Crippen LogP contribution is 2.19. The lowest BCUT2D eigenvalue weighted by molar-refractivity contribution is -0.147. The Bertz CT molecular complexity index is 831. The van der Waals surface area contributed by atoms with Crippen LogP contribution in [0.1, 0.15) is 12.5 Å². The van der Waals surface area contributed by atoms with Crippen molar-refractivity contribution in [2.45, 2.75) is 13.3 Å². The van der Waals surface area contributed by atoms with Crippen LogP contribution in [0.2, 0.25) is 0 Å². The van der Waals surface area contributed by atoms with Crippen LogP contribution < -0.4 is 5.32 Å². The second kappa shape index (κ2) is 8.24. The molecule has 0 aliphatic heterocycles. The van der Waals surface area contributed by atoms with Crippen LogP contribution >= 0.6 is 0 Å². The van der Waals surface area contributed by atoms with Crippen LogP contribution in [0.3, 0.4) is 0 Å². The largest absolute Gasteiger partial charge is 0.466 e. The van der Waals surface area contributed by atoms with Crippen molar-refractivity contribution in [1.82, 2.24) is 9.97 Å². The van der Waals surface area contributed by atoms with Crippen molar-refractivity contribution in [2.75, 3.05) is 18.5 Å². The van der Waals surface area contributed by atoms with Gasteiger partial charge in [0.1, 0.15) is 12.1 Å². The standard InChI is InChI=1S/C20H21N3O2/c1-2-25-20(24)16(12-15-8-4-3-5-9-15)13-21-19-17-10-6-7-11-18(17)22-14-23-19/h3-11,14,16H,2,12-13H2,1H3,(H,21,22,23)/t16-/m1/s1. The molecule has 3 aromatic rings. The molecule has 0 saturated carbocycles. The number of carbonyl (C=O) groups is 1. The number of aromatic nitrogens is 2. The molecule has 1 N–H and O–H groups in total. The van der Waals surface area contributed by atoms with Gasteiger partial charge in [-0.05, 0) is 31.0 Å². The van der Waals surface area contributed by atoms with E-state index < -0.39 is 0 Å². The fourth-order valence-corrected chi connectivity index (χ4v) is 2.76. The van der Waals surface area contributed by atoms with Crippen molar-refractivity contribution in [3.63, 3.8) is 0 Å². The predicted octanol–water partition coefficient (Wildman–Crippen LogP) is 3.46. The molecule has 0 spiro atoms. The Labute approximate surface area is 147 Å². The Hall–Kier alpha value is -2.95. The van der Waals surface area contributed by atoms with Gasteiger partial charge in [-0.25, -0.2) is 9.97 Å². The average molecular weight is 335 g/mol. The lowest BCUT2D eigenvalue weighted by atomic mass is 9.99. The van der Waals surface area contributed by atoms with Gasteiger partial charge in [-0.15, -0.1) is 0 Å². The Balaban J connectivity index is 1.76. The Morgan fingerprint density at radius 1 is 1.08 bits per heavy atom. The summed E-state index contributed by atoms with van der Waals surface area (Å²) in [6.45, 7) is 2.65. The molecular weight excluding hydrogens is 314 g/mol. The van der Waals surface area contributed by atoms with Gasteiger partial charge in [0.15, 0.2) is 0 Å². The lowest BCUT2D eigenvalue weighted by Gasteiger charge is -2.17. The summed E-state index contributed by atoms with van der Waals surface area (Å²) < 4.78 is 5.24. The number of benzene rings is 2. The molecule has 1 atom stereocenters. The highest BCUT2D eigenvalue weighted by atomic mass is 16.5. The SMILES string of the molecule is CCOC(=O)[C@@H](CNc1ncnc2ccccc12)Cc1ccccc1. The fourth-order valence-electron chi connectivity index (χ4n) is 2.76. The van der Waals surface area contributed by atoms with Crippen molar-refractivity contribution >= 4 is 22.7 Å². The highest BCUT2D eigenvalue weighted by molar-refractivity contribution is 5.88. The fraction of sp³-hybridized carbons (Fsp3) is 0.250. The van der Waals surface area contributed by atoms with Gasteiger partial charge >= 0.3 is 5.97 Å². The van der Waals surface area contributed by atoms with Crippen molar-refractivity contribution in [3.05, 3.63) is 66.5 Å². The minimum Gasteiger partial charge on any atom is -0.466 e. The quantitative estimate of drug-likeness (QED) is 0.670. The second-order valence-electron chi connectivity index (χ2n) is 5.76. The number of hydrogen-bond acceptors (Lipinski definition) is 5. The molecular formula is C20H21N3O2.